The molecule has 1 rings (SSSR count). The molecule has 0 radical (unpaired) electrons. The van der Waals surface area contributed by atoms with Crippen LogP contribution in [0.5, 0.6) is 0 Å². The number of carbonyl (C=O) groups excluding carboxylic acids is 2. The molecular weight excluding hydrogens is 266 g/mol. The van der Waals surface area contributed by atoms with Crippen molar-refractivity contribution in [3.63, 3.8) is 0 Å². The van der Waals surface area contributed by atoms with E-state index in [0.29, 0.717) is 13.1 Å². The van der Waals surface area contributed by atoms with Gasteiger partial charge < -0.3 is 16.4 Å². The summed E-state index contributed by atoms with van der Waals surface area (Å²) in [5.41, 5.74) is 4.68. The molecule has 112 valence electrons. The first-order chi connectivity index (χ1) is 8.64. The maximum atomic E-state index is 12.3. The summed E-state index contributed by atoms with van der Waals surface area (Å²) in [7, 11) is 0. The Balaban J connectivity index is 0.00000324. The highest BCUT2D eigenvalue weighted by atomic mass is 35.5. The lowest BCUT2D eigenvalue weighted by atomic mass is 9.80. The first kappa shape index (κ1) is 18.2. The van der Waals surface area contributed by atoms with Crippen LogP contribution in [0, 0.1) is 0 Å². The molecule has 6 heteroatoms. The zero-order chi connectivity index (χ0) is 13.4. The highest BCUT2D eigenvalue weighted by molar-refractivity contribution is 5.91. The molecule has 0 spiro atoms. The van der Waals surface area contributed by atoms with E-state index in [0.717, 1.165) is 38.5 Å². The quantitative estimate of drug-likeness (QED) is 0.685. The van der Waals surface area contributed by atoms with Crippen LogP contribution >= 0.6 is 12.4 Å². The van der Waals surface area contributed by atoms with Gasteiger partial charge in [0, 0.05) is 19.5 Å². The van der Waals surface area contributed by atoms with Gasteiger partial charge in [0.1, 0.15) is 5.54 Å². The Bertz CT molecular complexity index is 292. The van der Waals surface area contributed by atoms with Gasteiger partial charge in [0.2, 0.25) is 11.8 Å². The Kier molecular flexibility index (Phi) is 8.76. The number of halogens is 1. The van der Waals surface area contributed by atoms with Gasteiger partial charge in [-0.05, 0) is 19.3 Å². The number of nitrogens with two attached hydrogens (primary N) is 1. The van der Waals surface area contributed by atoms with Crippen molar-refractivity contribution >= 4 is 24.2 Å². The van der Waals surface area contributed by atoms with Crippen molar-refractivity contribution in [3.05, 3.63) is 0 Å². The lowest BCUT2D eigenvalue weighted by Crippen LogP contribution is -2.60. The van der Waals surface area contributed by atoms with Crippen LogP contribution in [0.1, 0.15) is 51.9 Å². The molecule has 2 amide bonds. The van der Waals surface area contributed by atoms with Crippen LogP contribution in [0.3, 0.4) is 0 Å². The number of hydrogen-bond donors (Lipinski definition) is 3. The van der Waals surface area contributed by atoms with Crippen LogP contribution in [0.2, 0.25) is 0 Å². The summed E-state index contributed by atoms with van der Waals surface area (Å²) >= 11 is 0. The van der Waals surface area contributed by atoms with Crippen LogP contribution in [0.15, 0.2) is 0 Å². The first-order valence-electron chi connectivity index (χ1n) is 6.94. The fourth-order valence-electron chi connectivity index (χ4n) is 2.43. The standard InChI is InChI=1S/C13H25N3O2.ClH/c1-2-10-15-12(18)13(7-4-3-5-8-13)16-11(17)6-9-14;/h2-10,14H2,1H3,(H,15,18)(H,16,17);1H. The molecule has 0 saturated heterocycles. The van der Waals surface area contributed by atoms with E-state index in [-0.39, 0.29) is 30.6 Å². The van der Waals surface area contributed by atoms with Crippen molar-refractivity contribution in [1.82, 2.24) is 10.6 Å². The molecule has 1 aliphatic carbocycles. The van der Waals surface area contributed by atoms with Crippen LogP contribution in [-0.2, 0) is 9.59 Å². The Labute approximate surface area is 121 Å². The zero-order valence-corrected chi connectivity index (χ0v) is 12.5. The second kappa shape index (κ2) is 9.15. The van der Waals surface area contributed by atoms with Crippen LogP contribution in [0.25, 0.3) is 0 Å². The zero-order valence-electron chi connectivity index (χ0n) is 11.7. The summed E-state index contributed by atoms with van der Waals surface area (Å²) in [6.45, 7) is 2.99. The van der Waals surface area contributed by atoms with Crippen LogP contribution < -0.4 is 16.4 Å². The summed E-state index contributed by atoms with van der Waals surface area (Å²) < 4.78 is 0. The van der Waals surface area contributed by atoms with Crippen molar-refractivity contribution in [1.29, 1.82) is 0 Å². The van der Waals surface area contributed by atoms with Gasteiger partial charge in [-0.1, -0.05) is 26.2 Å². The number of carbonyl (C=O) groups is 2. The second-order valence-corrected chi connectivity index (χ2v) is 4.99. The van der Waals surface area contributed by atoms with Gasteiger partial charge in [-0.25, -0.2) is 0 Å². The minimum Gasteiger partial charge on any atom is -0.354 e. The van der Waals surface area contributed by atoms with Crippen LogP contribution in [-0.4, -0.2) is 30.4 Å². The molecule has 0 bridgehead atoms. The van der Waals surface area contributed by atoms with E-state index < -0.39 is 5.54 Å². The molecule has 4 N–H and O–H groups in total. The predicted octanol–water partition coefficient (Wildman–Crippen LogP) is 1.10. The van der Waals surface area contributed by atoms with E-state index in [1.165, 1.54) is 0 Å². The maximum absolute atomic E-state index is 12.3. The smallest absolute Gasteiger partial charge is 0.245 e. The van der Waals surface area contributed by atoms with E-state index in [1.54, 1.807) is 0 Å². The Morgan fingerprint density at radius 1 is 1.21 bits per heavy atom. The molecule has 0 aromatic rings. The summed E-state index contributed by atoms with van der Waals surface area (Å²) in [4.78, 5) is 24.0. The average molecular weight is 292 g/mol. The lowest BCUT2D eigenvalue weighted by Gasteiger charge is -2.36. The van der Waals surface area contributed by atoms with E-state index in [9.17, 15) is 9.59 Å². The molecule has 0 unspecified atom stereocenters. The van der Waals surface area contributed by atoms with Gasteiger partial charge in [-0.15, -0.1) is 12.4 Å². The Morgan fingerprint density at radius 2 is 1.84 bits per heavy atom. The van der Waals surface area contributed by atoms with Crippen molar-refractivity contribution in [2.24, 2.45) is 5.73 Å². The summed E-state index contributed by atoms with van der Waals surface area (Å²) in [6.07, 6.45) is 5.76. The third-order valence-electron chi connectivity index (χ3n) is 3.43. The SMILES string of the molecule is CCCNC(=O)C1(NC(=O)CCN)CCCCC1.Cl. The maximum Gasteiger partial charge on any atom is 0.245 e. The molecule has 1 fully saturated rings. The van der Waals surface area contributed by atoms with Crippen molar-refractivity contribution < 1.29 is 9.59 Å². The fourth-order valence-corrected chi connectivity index (χ4v) is 2.43. The largest absolute Gasteiger partial charge is 0.354 e. The Morgan fingerprint density at radius 3 is 2.37 bits per heavy atom. The number of amides is 2. The Hall–Kier alpha value is -0.810. The monoisotopic (exact) mass is 291 g/mol. The van der Waals surface area contributed by atoms with Crippen molar-refractivity contribution in [2.45, 2.75) is 57.4 Å². The third kappa shape index (κ3) is 5.37. The normalized spacial score (nSPS) is 17.2. The minimum absolute atomic E-state index is 0. The highest BCUT2D eigenvalue weighted by Crippen LogP contribution is 2.28. The van der Waals surface area contributed by atoms with Gasteiger partial charge >= 0.3 is 0 Å². The molecule has 0 aliphatic heterocycles. The van der Waals surface area contributed by atoms with E-state index in [4.69, 9.17) is 5.73 Å². The molecule has 0 aromatic carbocycles. The molecular formula is C13H26ClN3O2. The van der Waals surface area contributed by atoms with Crippen LogP contribution in [0.4, 0.5) is 0 Å². The van der Waals surface area contributed by atoms with E-state index >= 15 is 0 Å². The highest BCUT2D eigenvalue weighted by Gasteiger charge is 2.40. The molecule has 1 saturated carbocycles. The molecule has 19 heavy (non-hydrogen) atoms. The van der Waals surface area contributed by atoms with Gasteiger partial charge in [0.15, 0.2) is 0 Å². The van der Waals surface area contributed by atoms with Gasteiger partial charge in [0.25, 0.3) is 0 Å². The molecule has 0 aromatic heterocycles. The molecule has 5 nitrogen and oxygen atoms in total. The van der Waals surface area contributed by atoms with Gasteiger partial charge in [0.05, 0.1) is 0 Å². The van der Waals surface area contributed by atoms with E-state index in [2.05, 4.69) is 10.6 Å². The fraction of sp³-hybridized carbons (Fsp3) is 0.846. The summed E-state index contributed by atoms with van der Waals surface area (Å²) in [5, 5.41) is 5.82. The average Bonchev–Trinajstić information content (AvgIpc) is 2.37. The third-order valence-corrected chi connectivity index (χ3v) is 3.43. The minimum atomic E-state index is -0.695. The molecule has 1 aliphatic rings. The van der Waals surface area contributed by atoms with E-state index in [1.807, 2.05) is 6.92 Å². The lowest BCUT2D eigenvalue weighted by molar-refractivity contribution is -0.135. The predicted molar refractivity (Wildman–Crippen MR) is 78.2 cm³/mol. The summed E-state index contributed by atoms with van der Waals surface area (Å²) in [6, 6.07) is 0. The second-order valence-electron chi connectivity index (χ2n) is 4.99. The number of nitrogens with one attached hydrogen (secondary N) is 2. The van der Waals surface area contributed by atoms with Crippen molar-refractivity contribution in [3.8, 4) is 0 Å². The number of rotatable bonds is 6. The molecule has 0 heterocycles. The van der Waals surface area contributed by atoms with Gasteiger partial charge in [-0.3, -0.25) is 9.59 Å². The first-order valence-corrected chi connectivity index (χ1v) is 6.94. The van der Waals surface area contributed by atoms with Crippen molar-refractivity contribution in [2.75, 3.05) is 13.1 Å². The summed E-state index contributed by atoms with van der Waals surface area (Å²) in [5.74, 6) is -0.152. The molecule has 0 atom stereocenters. The number of hydrogen-bond acceptors (Lipinski definition) is 3. The van der Waals surface area contributed by atoms with Gasteiger partial charge in [-0.2, -0.15) is 0 Å². The topological polar surface area (TPSA) is 84.2 Å².